The lowest BCUT2D eigenvalue weighted by molar-refractivity contribution is 0.722. The molecular formula is C10H16BrN3. The molecule has 1 aromatic heterocycles. The Kier molecular flexibility index (Phi) is 4.87. The third-order valence-corrected chi connectivity index (χ3v) is 2.54. The Bertz CT molecular complexity index is 278. The Labute approximate surface area is 93.7 Å². The van der Waals surface area contributed by atoms with Crippen molar-refractivity contribution in [1.29, 1.82) is 0 Å². The van der Waals surface area contributed by atoms with Gasteiger partial charge in [0.2, 0.25) is 0 Å². The second-order valence-corrected chi connectivity index (χ2v) is 3.94. The minimum Gasteiger partial charge on any atom is -0.357 e. The maximum atomic E-state index is 4.25. The first-order chi connectivity index (χ1) is 6.77. The standard InChI is InChI=1S/C10H16BrN3/c1-3-5-6-14(4-2)10-7-9(11)12-8-13-10/h7-8H,3-6H2,1-2H3. The Hall–Kier alpha value is -0.640. The van der Waals surface area contributed by atoms with Crippen molar-refractivity contribution in [2.24, 2.45) is 0 Å². The van der Waals surface area contributed by atoms with E-state index in [0.717, 1.165) is 23.5 Å². The summed E-state index contributed by atoms with van der Waals surface area (Å²) in [5.74, 6) is 1.00. The predicted octanol–water partition coefficient (Wildman–Crippen LogP) is 2.87. The van der Waals surface area contributed by atoms with Gasteiger partial charge in [-0.15, -0.1) is 0 Å². The van der Waals surface area contributed by atoms with Gasteiger partial charge in [0.1, 0.15) is 16.7 Å². The SMILES string of the molecule is CCCCN(CC)c1cc(Br)ncn1. The molecule has 3 nitrogen and oxygen atoms in total. The maximum absolute atomic E-state index is 4.25. The van der Waals surface area contributed by atoms with Crippen LogP contribution in [-0.4, -0.2) is 23.1 Å². The van der Waals surface area contributed by atoms with E-state index in [0.29, 0.717) is 0 Å². The Morgan fingerprint density at radius 3 is 2.71 bits per heavy atom. The van der Waals surface area contributed by atoms with Crippen molar-refractivity contribution in [2.75, 3.05) is 18.0 Å². The minimum atomic E-state index is 0.845. The van der Waals surface area contributed by atoms with E-state index in [4.69, 9.17) is 0 Å². The number of anilines is 1. The zero-order valence-corrected chi connectivity index (χ0v) is 10.3. The van der Waals surface area contributed by atoms with Crippen LogP contribution in [0.25, 0.3) is 0 Å². The van der Waals surface area contributed by atoms with E-state index in [2.05, 4.69) is 44.6 Å². The lowest BCUT2D eigenvalue weighted by atomic mass is 10.3. The van der Waals surface area contributed by atoms with Crippen LogP contribution in [0.2, 0.25) is 0 Å². The summed E-state index contributed by atoms with van der Waals surface area (Å²) in [5, 5.41) is 0. The highest BCUT2D eigenvalue weighted by atomic mass is 79.9. The maximum Gasteiger partial charge on any atom is 0.133 e. The molecule has 0 saturated heterocycles. The Morgan fingerprint density at radius 2 is 2.14 bits per heavy atom. The van der Waals surface area contributed by atoms with Gasteiger partial charge in [-0.3, -0.25) is 0 Å². The van der Waals surface area contributed by atoms with Crippen LogP contribution in [0, 0.1) is 0 Å². The molecule has 0 aromatic carbocycles. The van der Waals surface area contributed by atoms with Gasteiger partial charge in [0.25, 0.3) is 0 Å². The molecule has 0 aliphatic heterocycles. The third kappa shape index (κ3) is 3.25. The lowest BCUT2D eigenvalue weighted by Gasteiger charge is -2.21. The Balaban J connectivity index is 2.68. The minimum absolute atomic E-state index is 0.845. The largest absolute Gasteiger partial charge is 0.357 e. The molecule has 0 aliphatic carbocycles. The molecule has 4 heteroatoms. The third-order valence-electron chi connectivity index (χ3n) is 2.11. The second kappa shape index (κ2) is 5.96. The molecule has 0 spiro atoms. The summed E-state index contributed by atoms with van der Waals surface area (Å²) < 4.78 is 0.845. The van der Waals surface area contributed by atoms with Gasteiger partial charge in [-0.05, 0) is 29.3 Å². The van der Waals surface area contributed by atoms with E-state index < -0.39 is 0 Å². The number of rotatable bonds is 5. The highest BCUT2D eigenvalue weighted by Crippen LogP contribution is 2.14. The van der Waals surface area contributed by atoms with Crippen molar-refractivity contribution in [3.8, 4) is 0 Å². The summed E-state index contributed by atoms with van der Waals surface area (Å²) >= 11 is 3.35. The van der Waals surface area contributed by atoms with Gasteiger partial charge < -0.3 is 4.90 Å². The average molecular weight is 258 g/mol. The van der Waals surface area contributed by atoms with E-state index in [1.54, 1.807) is 6.33 Å². The molecule has 0 unspecified atom stereocenters. The molecule has 1 rings (SSSR count). The fourth-order valence-corrected chi connectivity index (χ4v) is 1.58. The number of nitrogens with zero attached hydrogens (tertiary/aromatic N) is 3. The topological polar surface area (TPSA) is 29.0 Å². The molecule has 1 aromatic rings. The quantitative estimate of drug-likeness (QED) is 0.760. The van der Waals surface area contributed by atoms with Crippen LogP contribution in [0.15, 0.2) is 17.0 Å². The highest BCUT2D eigenvalue weighted by molar-refractivity contribution is 9.10. The molecule has 0 fully saturated rings. The molecule has 0 saturated carbocycles. The summed E-state index contributed by atoms with van der Waals surface area (Å²) in [7, 11) is 0. The molecular weight excluding hydrogens is 242 g/mol. The first-order valence-electron chi connectivity index (χ1n) is 5.00. The van der Waals surface area contributed by atoms with Crippen molar-refractivity contribution in [3.05, 3.63) is 17.0 Å². The van der Waals surface area contributed by atoms with Crippen molar-refractivity contribution in [3.63, 3.8) is 0 Å². The first kappa shape index (κ1) is 11.4. The highest BCUT2D eigenvalue weighted by Gasteiger charge is 2.05. The van der Waals surface area contributed by atoms with Gasteiger partial charge in [0.15, 0.2) is 0 Å². The fourth-order valence-electron chi connectivity index (χ4n) is 1.28. The van der Waals surface area contributed by atoms with Crippen molar-refractivity contribution >= 4 is 21.7 Å². The van der Waals surface area contributed by atoms with E-state index in [1.165, 1.54) is 12.8 Å². The molecule has 0 bridgehead atoms. The van der Waals surface area contributed by atoms with E-state index in [-0.39, 0.29) is 0 Å². The van der Waals surface area contributed by atoms with Crippen LogP contribution in [0.5, 0.6) is 0 Å². The van der Waals surface area contributed by atoms with Crippen LogP contribution in [-0.2, 0) is 0 Å². The Morgan fingerprint density at radius 1 is 1.36 bits per heavy atom. The zero-order valence-electron chi connectivity index (χ0n) is 8.70. The lowest BCUT2D eigenvalue weighted by Crippen LogP contribution is -2.24. The number of hydrogen-bond acceptors (Lipinski definition) is 3. The van der Waals surface area contributed by atoms with Gasteiger partial charge >= 0.3 is 0 Å². The zero-order chi connectivity index (χ0) is 10.4. The smallest absolute Gasteiger partial charge is 0.133 e. The number of unbranched alkanes of at least 4 members (excludes halogenated alkanes) is 1. The summed E-state index contributed by atoms with van der Waals surface area (Å²) in [4.78, 5) is 10.5. The van der Waals surface area contributed by atoms with Crippen molar-refractivity contribution in [2.45, 2.75) is 26.7 Å². The molecule has 0 N–H and O–H groups in total. The van der Waals surface area contributed by atoms with Gasteiger partial charge in [-0.25, -0.2) is 9.97 Å². The van der Waals surface area contributed by atoms with E-state index in [9.17, 15) is 0 Å². The molecule has 14 heavy (non-hydrogen) atoms. The van der Waals surface area contributed by atoms with Gasteiger partial charge in [-0.1, -0.05) is 13.3 Å². The summed E-state index contributed by atoms with van der Waals surface area (Å²) in [6, 6.07) is 1.96. The molecule has 78 valence electrons. The first-order valence-corrected chi connectivity index (χ1v) is 5.79. The monoisotopic (exact) mass is 257 g/mol. The van der Waals surface area contributed by atoms with Crippen molar-refractivity contribution < 1.29 is 0 Å². The molecule has 0 atom stereocenters. The summed E-state index contributed by atoms with van der Waals surface area (Å²) in [6.45, 7) is 6.40. The number of aromatic nitrogens is 2. The molecule has 0 aliphatic rings. The van der Waals surface area contributed by atoms with Gasteiger partial charge in [0.05, 0.1) is 0 Å². The molecule has 1 heterocycles. The molecule has 0 radical (unpaired) electrons. The van der Waals surface area contributed by atoms with Crippen LogP contribution in [0.3, 0.4) is 0 Å². The molecule has 0 amide bonds. The van der Waals surface area contributed by atoms with Crippen LogP contribution in [0.1, 0.15) is 26.7 Å². The fraction of sp³-hybridized carbons (Fsp3) is 0.600. The van der Waals surface area contributed by atoms with Gasteiger partial charge in [0, 0.05) is 19.2 Å². The van der Waals surface area contributed by atoms with Crippen molar-refractivity contribution in [1.82, 2.24) is 9.97 Å². The van der Waals surface area contributed by atoms with Crippen LogP contribution < -0.4 is 4.90 Å². The van der Waals surface area contributed by atoms with Crippen LogP contribution in [0.4, 0.5) is 5.82 Å². The number of halogens is 1. The second-order valence-electron chi connectivity index (χ2n) is 3.13. The van der Waals surface area contributed by atoms with E-state index in [1.807, 2.05) is 6.07 Å². The average Bonchev–Trinajstić information content (AvgIpc) is 2.19. The normalized spacial score (nSPS) is 10.2. The van der Waals surface area contributed by atoms with E-state index >= 15 is 0 Å². The van der Waals surface area contributed by atoms with Gasteiger partial charge in [-0.2, -0.15) is 0 Å². The summed E-state index contributed by atoms with van der Waals surface area (Å²) in [6.07, 6.45) is 4.01. The summed E-state index contributed by atoms with van der Waals surface area (Å²) in [5.41, 5.74) is 0. The van der Waals surface area contributed by atoms with Crippen LogP contribution >= 0.6 is 15.9 Å². The number of hydrogen-bond donors (Lipinski definition) is 0. The predicted molar refractivity (Wildman–Crippen MR) is 62.5 cm³/mol.